The van der Waals surface area contributed by atoms with Crippen LogP contribution in [0.15, 0.2) is 72.8 Å². The molecule has 3 aromatic carbocycles. The Hall–Kier alpha value is -2.53. The summed E-state index contributed by atoms with van der Waals surface area (Å²) in [4.78, 5) is 28.3. The Morgan fingerprint density at radius 3 is 2.24 bits per heavy atom. The SMILES string of the molecule is CCNC(=O)C(Cc1ccccc1)N(Cc1cccc(Cl)c1)C(=O)Cc1ccc(Cl)c(Cl)c1. The zero-order valence-electron chi connectivity index (χ0n) is 18.2. The van der Waals surface area contributed by atoms with E-state index in [-0.39, 0.29) is 24.8 Å². The average Bonchev–Trinajstić information content (AvgIpc) is 2.79. The molecule has 0 heterocycles. The number of carbonyl (C=O) groups is 2. The summed E-state index contributed by atoms with van der Waals surface area (Å²) in [6.45, 7) is 2.57. The standard InChI is InChI=1S/C26H25Cl3N2O2/c1-2-30-26(33)24(15-18-7-4-3-5-8-18)31(17-20-9-6-10-21(27)13-20)25(32)16-19-11-12-22(28)23(29)14-19/h3-14,24H,2,15-17H2,1H3,(H,30,33). The lowest BCUT2D eigenvalue weighted by atomic mass is 10.0. The van der Waals surface area contributed by atoms with Gasteiger partial charge in [0.05, 0.1) is 16.5 Å². The lowest BCUT2D eigenvalue weighted by molar-refractivity contribution is -0.140. The number of benzene rings is 3. The van der Waals surface area contributed by atoms with Gasteiger partial charge in [0.2, 0.25) is 11.8 Å². The number of rotatable bonds is 9. The molecule has 172 valence electrons. The first-order chi connectivity index (χ1) is 15.9. The van der Waals surface area contributed by atoms with Gasteiger partial charge >= 0.3 is 0 Å². The average molecular weight is 504 g/mol. The molecular formula is C26H25Cl3N2O2. The monoisotopic (exact) mass is 502 g/mol. The summed E-state index contributed by atoms with van der Waals surface area (Å²) in [6, 6.07) is 21.4. The van der Waals surface area contributed by atoms with Crippen LogP contribution in [0.5, 0.6) is 0 Å². The molecule has 1 N–H and O–H groups in total. The number of amides is 2. The quantitative estimate of drug-likeness (QED) is 0.391. The Morgan fingerprint density at radius 2 is 1.58 bits per heavy atom. The molecule has 0 spiro atoms. The van der Waals surface area contributed by atoms with Gasteiger partial charge in [-0.05, 0) is 47.9 Å². The highest BCUT2D eigenvalue weighted by Gasteiger charge is 2.30. The lowest BCUT2D eigenvalue weighted by Gasteiger charge is -2.31. The molecule has 0 bridgehead atoms. The van der Waals surface area contributed by atoms with Gasteiger partial charge in [0.1, 0.15) is 6.04 Å². The van der Waals surface area contributed by atoms with Crippen LogP contribution in [0.25, 0.3) is 0 Å². The maximum absolute atomic E-state index is 13.6. The van der Waals surface area contributed by atoms with Crippen molar-refractivity contribution in [2.45, 2.75) is 32.4 Å². The maximum Gasteiger partial charge on any atom is 0.243 e. The van der Waals surface area contributed by atoms with E-state index in [2.05, 4.69) is 5.32 Å². The molecule has 3 rings (SSSR count). The molecule has 0 saturated heterocycles. The largest absolute Gasteiger partial charge is 0.355 e. The van der Waals surface area contributed by atoms with Crippen molar-refractivity contribution in [1.29, 1.82) is 0 Å². The van der Waals surface area contributed by atoms with Gasteiger partial charge in [-0.25, -0.2) is 0 Å². The first kappa shape index (κ1) is 25.1. The van der Waals surface area contributed by atoms with Crippen LogP contribution in [0.2, 0.25) is 15.1 Å². The molecule has 7 heteroatoms. The number of carbonyl (C=O) groups excluding carboxylic acids is 2. The van der Waals surface area contributed by atoms with Crippen molar-refractivity contribution < 1.29 is 9.59 Å². The minimum atomic E-state index is -0.693. The summed E-state index contributed by atoms with van der Waals surface area (Å²) in [5.74, 6) is -0.397. The van der Waals surface area contributed by atoms with Gasteiger partial charge in [-0.15, -0.1) is 0 Å². The van der Waals surface area contributed by atoms with E-state index in [1.165, 1.54) is 0 Å². The third kappa shape index (κ3) is 7.23. The minimum absolute atomic E-state index is 0.0855. The van der Waals surface area contributed by atoms with Crippen molar-refractivity contribution in [1.82, 2.24) is 10.2 Å². The second-order valence-electron chi connectivity index (χ2n) is 7.68. The predicted octanol–water partition coefficient (Wildman–Crippen LogP) is 5.97. The predicted molar refractivity (Wildman–Crippen MR) is 135 cm³/mol. The van der Waals surface area contributed by atoms with Gasteiger partial charge in [-0.2, -0.15) is 0 Å². The molecule has 4 nitrogen and oxygen atoms in total. The van der Waals surface area contributed by atoms with Crippen molar-refractivity contribution in [3.63, 3.8) is 0 Å². The molecule has 0 aliphatic heterocycles. The third-order valence-corrected chi connectivity index (χ3v) is 6.18. The van der Waals surface area contributed by atoms with Gasteiger partial charge in [-0.3, -0.25) is 9.59 Å². The molecule has 0 saturated carbocycles. The number of halogens is 3. The van der Waals surface area contributed by atoms with Crippen LogP contribution in [-0.4, -0.2) is 29.3 Å². The summed E-state index contributed by atoms with van der Waals surface area (Å²) in [5, 5.41) is 4.26. The van der Waals surface area contributed by atoms with E-state index < -0.39 is 6.04 Å². The Morgan fingerprint density at radius 1 is 0.848 bits per heavy atom. The lowest BCUT2D eigenvalue weighted by Crippen LogP contribution is -2.50. The Kier molecular flexibility index (Phi) is 9.19. The van der Waals surface area contributed by atoms with Gasteiger partial charge in [-0.1, -0.05) is 83.3 Å². The molecule has 0 radical (unpaired) electrons. The number of nitrogens with zero attached hydrogens (tertiary/aromatic N) is 1. The second kappa shape index (κ2) is 12.1. The van der Waals surface area contributed by atoms with Crippen molar-refractivity contribution >= 4 is 46.6 Å². The number of nitrogens with one attached hydrogen (secondary N) is 1. The maximum atomic E-state index is 13.6. The summed E-state index contributed by atoms with van der Waals surface area (Å²) in [5.41, 5.74) is 2.53. The van der Waals surface area contributed by atoms with Crippen LogP contribution in [0.1, 0.15) is 23.6 Å². The smallest absolute Gasteiger partial charge is 0.243 e. The van der Waals surface area contributed by atoms with E-state index in [0.717, 1.165) is 16.7 Å². The fraction of sp³-hybridized carbons (Fsp3) is 0.231. The molecule has 3 aromatic rings. The zero-order chi connectivity index (χ0) is 23.8. The summed E-state index contributed by atoms with van der Waals surface area (Å²) < 4.78 is 0. The minimum Gasteiger partial charge on any atom is -0.355 e. The molecule has 0 fully saturated rings. The van der Waals surface area contributed by atoms with Crippen LogP contribution < -0.4 is 5.32 Å². The van der Waals surface area contributed by atoms with E-state index in [9.17, 15) is 9.59 Å². The summed E-state index contributed by atoms with van der Waals surface area (Å²) >= 11 is 18.4. The Bertz CT molecular complexity index is 1110. The van der Waals surface area contributed by atoms with E-state index in [1.807, 2.05) is 49.4 Å². The number of likely N-dealkylation sites (N-methyl/N-ethyl adjacent to an activating group) is 1. The number of hydrogen-bond acceptors (Lipinski definition) is 2. The van der Waals surface area contributed by atoms with Crippen molar-refractivity contribution in [3.8, 4) is 0 Å². The second-order valence-corrected chi connectivity index (χ2v) is 8.93. The molecule has 1 unspecified atom stereocenters. The number of hydrogen-bond donors (Lipinski definition) is 1. The topological polar surface area (TPSA) is 49.4 Å². The Labute approximate surface area is 209 Å². The van der Waals surface area contributed by atoms with Crippen LogP contribution in [0.3, 0.4) is 0 Å². The van der Waals surface area contributed by atoms with Crippen molar-refractivity contribution in [3.05, 3.63) is 105 Å². The molecule has 1 atom stereocenters. The first-order valence-electron chi connectivity index (χ1n) is 10.7. The zero-order valence-corrected chi connectivity index (χ0v) is 20.5. The molecule has 0 aliphatic rings. The normalized spacial score (nSPS) is 11.6. The van der Waals surface area contributed by atoms with E-state index in [4.69, 9.17) is 34.8 Å². The van der Waals surface area contributed by atoms with Gasteiger partial charge in [0, 0.05) is 24.5 Å². The molecule has 0 aromatic heterocycles. The Balaban J connectivity index is 1.96. The van der Waals surface area contributed by atoms with Crippen LogP contribution >= 0.6 is 34.8 Å². The molecule has 0 aliphatic carbocycles. The van der Waals surface area contributed by atoms with Crippen LogP contribution in [-0.2, 0) is 29.0 Å². The summed E-state index contributed by atoms with van der Waals surface area (Å²) in [7, 11) is 0. The van der Waals surface area contributed by atoms with E-state index >= 15 is 0 Å². The summed E-state index contributed by atoms with van der Waals surface area (Å²) in [6.07, 6.45) is 0.475. The van der Waals surface area contributed by atoms with E-state index in [1.54, 1.807) is 35.2 Å². The molecular weight excluding hydrogens is 479 g/mol. The van der Waals surface area contributed by atoms with Crippen LogP contribution in [0.4, 0.5) is 0 Å². The molecule has 2 amide bonds. The molecule has 33 heavy (non-hydrogen) atoms. The van der Waals surface area contributed by atoms with Crippen molar-refractivity contribution in [2.24, 2.45) is 0 Å². The van der Waals surface area contributed by atoms with Crippen molar-refractivity contribution in [2.75, 3.05) is 6.54 Å². The fourth-order valence-corrected chi connectivity index (χ4v) is 4.14. The highest BCUT2D eigenvalue weighted by molar-refractivity contribution is 6.42. The van der Waals surface area contributed by atoms with Gasteiger partial charge in [0.25, 0.3) is 0 Å². The highest BCUT2D eigenvalue weighted by Crippen LogP contribution is 2.24. The third-order valence-electron chi connectivity index (χ3n) is 5.20. The van der Waals surface area contributed by atoms with Gasteiger partial charge < -0.3 is 10.2 Å². The van der Waals surface area contributed by atoms with E-state index in [0.29, 0.717) is 28.0 Å². The van der Waals surface area contributed by atoms with Gasteiger partial charge in [0.15, 0.2) is 0 Å². The fourth-order valence-electron chi connectivity index (χ4n) is 3.60. The first-order valence-corrected chi connectivity index (χ1v) is 11.8. The van der Waals surface area contributed by atoms with Crippen LogP contribution in [0, 0.1) is 0 Å². The highest BCUT2D eigenvalue weighted by atomic mass is 35.5.